The number of nitrogens with two attached hydrogens (primary N) is 1. The molecule has 0 bridgehead atoms. The van der Waals surface area contributed by atoms with Gasteiger partial charge in [0.05, 0.1) is 0 Å². The maximum absolute atomic E-state index is 12.3. The first-order valence-corrected chi connectivity index (χ1v) is 6.96. The van der Waals surface area contributed by atoms with Crippen molar-refractivity contribution in [3.05, 3.63) is 29.8 Å². The molecule has 1 aromatic carbocycles. The average molecular weight is 317 g/mol. The number of hydrogen-bond acceptors (Lipinski definition) is 4. The topological polar surface area (TPSA) is 58.8 Å². The molecule has 0 aliphatic carbocycles. The fourth-order valence-electron chi connectivity index (χ4n) is 2.37. The van der Waals surface area contributed by atoms with Crippen molar-refractivity contribution in [2.75, 3.05) is 39.3 Å². The molecule has 0 atom stereocenters. The highest BCUT2D eigenvalue weighted by atomic mass is 19.4. The van der Waals surface area contributed by atoms with Crippen LogP contribution in [0.1, 0.15) is 10.4 Å². The Kier molecular flexibility index (Phi) is 5.25. The van der Waals surface area contributed by atoms with Crippen molar-refractivity contribution in [2.45, 2.75) is 6.36 Å². The number of nitrogens with zero attached hydrogens (tertiary/aromatic N) is 2. The Morgan fingerprint density at radius 3 is 2.50 bits per heavy atom. The summed E-state index contributed by atoms with van der Waals surface area (Å²) in [6.45, 7) is 3.82. The summed E-state index contributed by atoms with van der Waals surface area (Å²) in [6.07, 6.45) is -4.77. The number of piperazine rings is 1. The van der Waals surface area contributed by atoms with Crippen molar-refractivity contribution in [1.29, 1.82) is 0 Å². The third-order valence-electron chi connectivity index (χ3n) is 3.42. The van der Waals surface area contributed by atoms with E-state index in [2.05, 4.69) is 9.64 Å². The van der Waals surface area contributed by atoms with Gasteiger partial charge in [0.1, 0.15) is 5.75 Å². The van der Waals surface area contributed by atoms with Crippen LogP contribution in [-0.4, -0.2) is 61.3 Å². The van der Waals surface area contributed by atoms with Crippen molar-refractivity contribution in [2.24, 2.45) is 5.73 Å². The number of benzene rings is 1. The summed E-state index contributed by atoms with van der Waals surface area (Å²) in [5, 5.41) is 0. The molecule has 22 heavy (non-hydrogen) atoms. The van der Waals surface area contributed by atoms with E-state index in [0.29, 0.717) is 32.7 Å². The Morgan fingerprint density at radius 1 is 1.23 bits per heavy atom. The molecule has 0 unspecified atom stereocenters. The molecule has 1 saturated heterocycles. The summed E-state index contributed by atoms with van der Waals surface area (Å²) in [5.41, 5.74) is 5.67. The lowest BCUT2D eigenvalue weighted by Gasteiger charge is -2.34. The number of halogens is 3. The number of hydrogen-bond donors (Lipinski definition) is 1. The van der Waals surface area contributed by atoms with Gasteiger partial charge in [-0.2, -0.15) is 0 Å². The zero-order valence-corrected chi connectivity index (χ0v) is 12.0. The van der Waals surface area contributed by atoms with Gasteiger partial charge in [0.2, 0.25) is 0 Å². The van der Waals surface area contributed by atoms with Crippen LogP contribution in [0.5, 0.6) is 5.75 Å². The monoisotopic (exact) mass is 317 g/mol. The summed E-state index contributed by atoms with van der Waals surface area (Å²) in [5.74, 6) is -0.680. The Labute approximate surface area is 126 Å². The van der Waals surface area contributed by atoms with Gasteiger partial charge >= 0.3 is 6.36 Å². The molecule has 122 valence electrons. The molecule has 5 nitrogen and oxygen atoms in total. The Morgan fingerprint density at radius 2 is 1.91 bits per heavy atom. The molecule has 2 rings (SSSR count). The fourth-order valence-corrected chi connectivity index (χ4v) is 2.37. The van der Waals surface area contributed by atoms with E-state index in [-0.39, 0.29) is 17.2 Å². The van der Waals surface area contributed by atoms with E-state index in [9.17, 15) is 18.0 Å². The van der Waals surface area contributed by atoms with Gasteiger partial charge in [-0.05, 0) is 18.2 Å². The van der Waals surface area contributed by atoms with E-state index in [4.69, 9.17) is 5.73 Å². The lowest BCUT2D eigenvalue weighted by Crippen LogP contribution is -2.49. The van der Waals surface area contributed by atoms with Gasteiger partial charge < -0.3 is 15.4 Å². The van der Waals surface area contributed by atoms with Gasteiger partial charge in [0.25, 0.3) is 5.91 Å². The van der Waals surface area contributed by atoms with Gasteiger partial charge in [0.15, 0.2) is 0 Å². The van der Waals surface area contributed by atoms with Crippen LogP contribution in [0.25, 0.3) is 0 Å². The molecule has 1 aromatic rings. The summed E-state index contributed by atoms with van der Waals surface area (Å²) in [4.78, 5) is 16.1. The minimum Gasteiger partial charge on any atom is -0.406 e. The van der Waals surface area contributed by atoms with Crippen LogP contribution < -0.4 is 10.5 Å². The van der Waals surface area contributed by atoms with Gasteiger partial charge in [-0.15, -0.1) is 13.2 Å². The SMILES string of the molecule is NCCN1CCN(C(=O)c2cccc(OC(F)(F)F)c2)CC1. The predicted octanol–water partition coefficient (Wildman–Crippen LogP) is 1.30. The van der Waals surface area contributed by atoms with Gasteiger partial charge in [-0.1, -0.05) is 6.07 Å². The number of carbonyl (C=O) groups is 1. The zero-order chi connectivity index (χ0) is 16.2. The second-order valence-electron chi connectivity index (χ2n) is 5.00. The summed E-state index contributed by atoms with van der Waals surface area (Å²) >= 11 is 0. The predicted molar refractivity (Wildman–Crippen MR) is 74.5 cm³/mol. The smallest absolute Gasteiger partial charge is 0.406 e. The maximum atomic E-state index is 12.3. The normalized spacial score (nSPS) is 16.6. The Balaban J connectivity index is 2.00. The molecule has 1 amide bonds. The molecule has 0 spiro atoms. The van der Waals surface area contributed by atoms with Gasteiger partial charge in [-0.25, -0.2) is 0 Å². The van der Waals surface area contributed by atoms with Gasteiger partial charge in [0, 0.05) is 44.8 Å². The average Bonchev–Trinajstić information content (AvgIpc) is 2.46. The summed E-state index contributed by atoms with van der Waals surface area (Å²) in [7, 11) is 0. The highest BCUT2D eigenvalue weighted by Crippen LogP contribution is 2.24. The number of ether oxygens (including phenoxy) is 1. The first kappa shape index (κ1) is 16.6. The Bertz CT molecular complexity index is 514. The van der Waals surface area contributed by atoms with E-state index >= 15 is 0 Å². The molecule has 2 N–H and O–H groups in total. The van der Waals surface area contributed by atoms with Crippen molar-refractivity contribution >= 4 is 5.91 Å². The summed E-state index contributed by atoms with van der Waals surface area (Å²) in [6, 6.07) is 5.14. The lowest BCUT2D eigenvalue weighted by atomic mass is 10.1. The third-order valence-corrected chi connectivity index (χ3v) is 3.42. The van der Waals surface area contributed by atoms with Crippen molar-refractivity contribution in [1.82, 2.24) is 9.80 Å². The molecule has 0 aromatic heterocycles. The molecule has 1 aliphatic rings. The third kappa shape index (κ3) is 4.60. The fraction of sp³-hybridized carbons (Fsp3) is 0.500. The van der Waals surface area contributed by atoms with Crippen LogP contribution in [0.4, 0.5) is 13.2 Å². The highest BCUT2D eigenvalue weighted by Gasteiger charge is 2.31. The number of amides is 1. The second kappa shape index (κ2) is 6.97. The van der Waals surface area contributed by atoms with E-state index in [1.54, 1.807) is 4.90 Å². The second-order valence-corrected chi connectivity index (χ2v) is 5.00. The molecule has 0 saturated carbocycles. The Hall–Kier alpha value is -1.80. The van der Waals surface area contributed by atoms with Crippen LogP contribution in [-0.2, 0) is 0 Å². The number of rotatable bonds is 4. The quantitative estimate of drug-likeness (QED) is 0.909. The van der Waals surface area contributed by atoms with Crippen molar-refractivity contribution in [3.8, 4) is 5.75 Å². The minimum atomic E-state index is -4.77. The van der Waals surface area contributed by atoms with Crippen LogP contribution >= 0.6 is 0 Å². The van der Waals surface area contributed by atoms with Crippen molar-refractivity contribution < 1.29 is 22.7 Å². The maximum Gasteiger partial charge on any atom is 0.573 e. The number of carbonyl (C=O) groups excluding carboxylic acids is 1. The molecular weight excluding hydrogens is 299 g/mol. The first-order chi connectivity index (χ1) is 10.4. The molecule has 0 radical (unpaired) electrons. The molecule has 1 aliphatic heterocycles. The number of alkyl halides is 3. The highest BCUT2D eigenvalue weighted by molar-refractivity contribution is 5.94. The minimum absolute atomic E-state index is 0.189. The van der Waals surface area contributed by atoms with E-state index in [0.717, 1.165) is 12.6 Å². The lowest BCUT2D eigenvalue weighted by molar-refractivity contribution is -0.274. The standard InChI is InChI=1S/C14H18F3N3O2/c15-14(16,17)22-12-3-1-2-11(10-12)13(21)20-8-6-19(5-4-18)7-9-20/h1-3,10H,4-9,18H2. The summed E-state index contributed by atoms with van der Waals surface area (Å²) < 4.78 is 40.5. The molecule has 1 heterocycles. The van der Waals surface area contributed by atoms with Crippen LogP contribution in [0, 0.1) is 0 Å². The molecule has 8 heteroatoms. The zero-order valence-electron chi connectivity index (χ0n) is 12.0. The van der Waals surface area contributed by atoms with E-state index in [1.165, 1.54) is 18.2 Å². The largest absolute Gasteiger partial charge is 0.573 e. The van der Waals surface area contributed by atoms with Crippen LogP contribution in [0.15, 0.2) is 24.3 Å². The van der Waals surface area contributed by atoms with E-state index in [1.807, 2.05) is 0 Å². The van der Waals surface area contributed by atoms with E-state index < -0.39 is 6.36 Å². The van der Waals surface area contributed by atoms with Crippen molar-refractivity contribution in [3.63, 3.8) is 0 Å². The van der Waals surface area contributed by atoms with Crippen LogP contribution in [0.2, 0.25) is 0 Å². The molecular formula is C14H18F3N3O2. The first-order valence-electron chi connectivity index (χ1n) is 6.96. The molecule has 1 fully saturated rings. The van der Waals surface area contributed by atoms with Gasteiger partial charge in [-0.3, -0.25) is 9.69 Å². The van der Waals surface area contributed by atoms with Crippen LogP contribution in [0.3, 0.4) is 0 Å².